The topological polar surface area (TPSA) is 84.5 Å². The molecule has 2 aromatic carbocycles. The molecule has 1 aliphatic heterocycles. The number of nitrogens with zero attached hydrogens (tertiary/aromatic N) is 1. The van der Waals surface area contributed by atoms with Crippen LogP contribution in [0.4, 0.5) is 0 Å². The zero-order chi connectivity index (χ0) is 21.1. The van der Waals surface area contributed by atoms with Gasteiger partial charge in [-0.25, -0.2) is 0 Å². The molecule has 1 N–H and O–H groups in total. The third-order valence-corrected chi connectivity index (χ3v) is 5.20. The van der Waals surface area contributed by atoms with E-state index in [-0.39, 0.29) is 18.9 Å². The third kappa shape index (κ3) is 4.13. The Bertz CT molecular complexity index is 1190. The molecule has 0 fully saturated rings. The van der Waals surface area contributed by atoms with Gasteiger partial charge < -0.3 is 19.2 Å². The number of furan rings is 1. The molecule has 0 unspecified atom stereocenters. The first kappa shape index (κ1) is 19.9. The smallest absolute Gasteiger partial charge is 0.262 e. The fourth-order valence-electron chi connectivity index (χ4n) is 2.89. The quantitative estimate of drug-likeness (QED) is 0.434. The van der Waals surface area contributed by atoms with Crippen molar-refractivity contribution in [2.45, 2.75) is 6.54 Å². The highest BCUT2D eigenvalue weighted by Crippen LogP contribution is 2.35. The molecule has 0 bridgehead atoms. The number of benzene rings is 2. The van der Waals surface area contributed by atoms with E-state index in [1.165, 1.54) is 6.08 Å². The molecule has 6 nitrogen and oxygen atoms in total. The van der Waals surface area contributed by atoms with Crippen molar-refractivity contribution in [3.05, 3.63) is 75.5 Å². The van der Waals surface area contributed by atoms with E-state index in [0.29, 0.717) is 38.6 Å². The molecule has 0 atom stereocenters. The predicted molar refractivity (Wildman–Crippen MR) is 112 cm³/mol. The number of rotatable bonds is 5. The first-order valence-electron chi connectivity index (χ1n) is 8.88. The van der Waals surface area contributed by atoms with Crippen LogP contribution in [0.1, 0.15) is 11.3 Å². The zero-order valence-electron chi connectivity index (χ0n) is 15.4. The summed E-state index contributed by atoms with van der Waals surface area (Å²) in [4.78, 5) is 12.4. The SMILES string of the molecule is N#C/C(=C\c1ccc(-c2cccc(Cl)c2Cl)o1)C(=O)NCc1ccc2c(c1)OCO2. The average Bonchev–Trinajstić information content (AvgIpc) is 3.41. The molecule has 8 heteroatoms. The second-order valence-corrected chi connectivity index (χ2v) is 7.13. The summed E-state index contributed by atoms with van der Waals surface area (Å²) in [7, 11) is 0. The molecule has 4 rings (SSSR count). The van der Waals surface area contributed by atoms with Gasteiger partial charge in [0.25, 0.3) is 5.91 Å². The fourth-order valence-corrected chi connectivity index (χ4v) is 3.28. The monoisotopic (exact) mass is 440 g/mol. The Morgan fingerprint density at radius 2 is 1.97 bits per heavy atom. The highest BCUT2D eigenvalue weighted by molar-refractivity contribution is 6.43. The largest absolute Gasteiger partial charge is 0.457 e. The van der Waals surface area contributed by atoms with Gasteiger partial charge in [0.2, 0.25) is 6.79 Å². The minimum atomic E-state index is -0.520. The van der Waals surface area contributed by atoms with Crippen LogP contribution in [0, 0.1) is 11.3 Å². The van der Waals surface area contributed by atoms with Crippen molar-refractivity contribution >= 4 is 35.2 Å². The van der Waals surface area contributed by atoms with Crippen molar-refractivity contribution < 1.29 is 18.7 Å². The number of nitriles is 1. The van der Waals surface area contributed by atoms with Crippen molar-refractivity contribution in [3.63, 3.8) is 0 Å². The number of carbonyl (C=O) groups excluding carboxylic acids is 1. The summed E-state index contributed by atoms with van der Waals surface area (Å²) in [6, 6.07) is 15.8. The van der Waals surface area contributed by atoms with Crippen LogP contribution in [-0.2, 0) is 11.3 Å². The second kappa shape index (κ2) is 8.54. The van der Waals surface area contributed by atoms with Crippen LogP contribution in [0.5, 0.6) is 11.5 Å². The summed E-state index contributed by atoms with van der Waals surface area (Å²) in [6.45, 7) is 0.411. The standard InChI is InChI=1S/C22H14Cl2N2O4/c23-17-3-1-2-16(21(17)24)18-7-5-15(30-18)9-14(10-25)22(27)26-11-13-4-6-19-20(8-13)29-12-28-19/h1-9H,11-12H2,(H,26,27)/b14-9+. The van der Waals surface area contributed by atoms with Crippen molar-refractivity contribution in [2.75, 3.05) is 6.79 Å². The Hall–Kier alpha value is -3.40. The Labute approximate surface area is 182 Å². The van der Waals surface area contributed by atoms with Gasteiger partial charge in [0.15, 0.2) is 11.5 Å². The van der Waals surface area contributed by atoms with Gasteiger partial charge in [0.05, 0.1) is 10.0 Å². The zero-order valence-corrected chi connectivity index (χ0v) is 17.0. The van der Waals surface area contributed by atoms with Gasteiger partial charge in [-0.3, -0.25) is 4.79 Å². The number of amides is 1. The van der Waals surface area contributed by atoms with Crippen LogP contribution in [0.25, 0.3) is 17.4 Å². The Balaban J connectivity index is 1.47. The minimum Gasteiger partial charge on any atom is -0.457 e. The molecule has 0 aliphatic carbocycles. The van der Waals surface area contributed by atoms with E-state index in [4.69, 9.17) is 37.1 Å². The Morgan fingerprint density at radius 3 is 2.80 bits per heavy atom. The Kier molecular flexibility index (Phi) is 5.66. The summed E-state index contributed by atoms with van der Waals surface area (Å²) in [6.07, 6.45) is 1.37. The molecular formula is C22H14Cl2N2O4. The van der Waals surface area contributed by atoms with Crippen LogP contribution in [0.2, 0.25) is 10.0 Å². The molecule has 30 heavy (non-hydrogen) atoms. The molecule has 0 saturated carbocycles. The number of halogens is 2. The number of nitrogens with one attached hydrogen (secondary N) is 1. The molecule has 150 valence electrons. The van der Waals surface area contributed by atoms with E-state index in [1.807, 2.05) is 12.1 Å². The number of hydrogen-bond donors (Lipinski definition) is 1. The van der Waals surface area contributed by atoms with Gasteiger partial charge in [0, 0.05) is 18.2 Å². The van der Waals surface area contributed by atoms with E-state index in [0.717, 1.165) is 5.56 Å². The fraction of sp³-hybridized carbons (Fsp3) is 0.0909. The van der Waals surface area contributed by atoms with Crippen LogP contribution in [0.15, 0.2) is 58.5 Å². The lowest BCUT2D eigenvalue weighted by atomic mass is 10.1. The van der Waals surface area contributed by atoms with Crippen molar-refractivity contribution in [1.29, 1.82) is 5.26 Å². The van der Waals surface area contributed by atoms with Crippen molar-refractivity contribution in [3.8, 4) is 28.9 Å². The lowest BCUT2D eigenvalue weighted by molar-refractivity contribution is -0.117. The summed E-state index contributed by atoms with van der Waals surface area (Å²) in [5.41, 5.74) is 1.35. The van der Waals surface area contributed by atoms with Gasteiger partial charge in [0.1, 0.15) is 23.2 Å². The lowest BCUT2D eigenvalue weighted by Gasteiger charge is -2.05. The maximum Gasteiger partial charge on any atom is 0.262 e. The molecule has 0 saturated heterocycles. The molecule has 0 radical (unpaired) electrons. The summed E-state index contributed by atoms with van der Waals surface area (Å²) >= 11 is 12.3. The first-order chi connectivity index (χ1) is 14.5. The Morgan fingerprint density at radius 1 is 1.13 bits per heavy atom. The van der Waals surface area contributed by atoms with Crippen molar-refractivity contribution in [2.24, 2.45) is 0 Å². The second-order valence-electron chi connectivity index (χ2n) is 6.34. The van der Waals surface area contributed by atoms with E-state index in [2.05, 4.69) is 5.32 Å². The number of fused-ring (bicyclic) bond motifs is 1. The highest BCUT2D eigenvalue weighted by Gasteiger charge is 2.15. The molecular weight excluding hydrogens is 427 g/mol. The van der Waals surface area contributed by atoms with Crippen LogP contribution >= 0.6 is 23.2 Å². The van der Waals surface area contributed by atoms with Gasteiger partial charge in [-0.15, -0.1) is 0 Å². The van der Waals surface area contributed by atoms with E-state index in [9.17, 15) is 10.1 Å². The molecule has 3 aromatic rings. The molecule has 2 heterocycles. The minimum absolute atomic E-state index is 0.0890. The van der Waals surface area contributed by atoms with Crippen LogP contribution in [0.3, 0.4) is 0 Å². The number of carbonyl (C=O) groups is 1. The molecule has 1 amide bonds. The predicted octanol–water partition coefficient (Wildman–Crippen LogP) is 5.21. The molecule has 1 aromatic heterocycles. The molecule has 0 spiro atoms. The number of ether oxygens (including phenoxy) is 2. The van der Waals surface area contributed by atoms with Crippen LogP contribution < -0.4 is 14.8 Å². The number of hydrogen-bond acceptors (Lipinski definition) is 5. The van der Waals surface area contributed by atoms with Crippen molar-refractivity contribution in [1.82, 2.24) is 5.32 Å². The van der Waals surface area contributed by atoms with E-state index in [1.54, 1.807) is 42.5 Å². The van der Waals surface area contributed by atoms with Gasteiger partial charge in [-0.05, 0) is 42.0 Å². The van der Waals surface area contributed by atoms with Crippen LogP contribution in [-0.4, -0.2) is 12.7 Å². The summed E-state index contributed by atoms with van der Waals surface area (Å²) in [5.74, 6) is 1.59. The normalized spacial score (nSPS) is 12.5. The van der Waals surface area contributed by atoms with Gasteiger partial charge in [-0.1, -0.05) is 35.3 Å². The average molecular weight is 441 g/mol. The lowest BCUT2D eigenvalue weighted by Crippen LogP contribution is -2.23. The molecule has 1 aliphatic rings. The maximum atomic E-state index is 12.4. The van der Waals surface area contributed by atoms with E-state index >= 15 is 0 Å². The maximum absolute atomic E-state index is 12.4. The third-order valence-electron chi connectivity index (χ3n) is 4.39. The summed E-state index contributed by atoms with van der Waals surface area (Å²) in [5, 5.41) is 12.9. The first-order valence-corrected chi connectivity index (χ1v) is 9.63. The summed E-state index contributed by atoms with van der Waals surface area (Å²) < 4.78 is 16.3. The van der Waals surface area contributed by atoms with Gasteiger partial charge in [-0.2, -0.15) is 5.26 Å². The van der Waals surface area contributed by atoms with Gasteiger partial charge >= 0.3 is 0 Å². The van der Waals surface area contributed by atoms with E-state index < -0.39 is 5.91 Å². The highest BCUT2D eigenvalue weighted by atomic mass is 35.5.